The molecule has 4 nitrogen and oxygen atoms in total. The Balaban J connectivity index is 1.59. The quantitative estimate of drug-likeness (QED) is 0.878. The number of hydrogen-bond donors (Lipinski definition) is 1. The van der Waals surface area contributed by atoms with Crippen molar-refractivity contribution in [3.05, 3.63) is 29.3 Å². The zero-order valence-corrected chi connectivity index (χ0v) is 12.2. The Kier molecular flexibility index (Phi) is 6.15. The highest BCUT2D eigenvalue weighted by molar-refractivity contribution is 6.30. The number of halogens is 1. The van der Waals surface area contributed by atoms with Gasteiger partial charge < -0.3 is 14.8 Å². The van der Waals surface area contributed by atoms with Gasteiger partial charge in [0.05, 0.1) is 0 Å². The van der Waals surface area contributed by atoms with Crippen molar-refractivity contribution in [2.24, 2.45) is 5.92 Å². The summed E-state index contributed by atoms with van der Waals surface area (Å²) >= 11 is 5.77. The molecular formula is C15H20ClNO3. The van der Waals surface area contributed by atoms with E-state index in [4.69, 9.17) is 21.1 Å². The molecule has 0 saturated carbocycles. The summed E-state index contributed by atoms with van der Waals surface area (Å²) in [7, 11) is 0. The lowest BCUT2D eigenvalue weighted by molar-refractivity contribution is -0.123. The van der Waals surface area contributed by atoms with Crippen molar-refractivity contribution in [1.82, 2.24) is 5.32 Å². The molecular weight excluding hydrogens is 278 g/mol. The predicted molar refractivity (Wildman–Crippen MR) is 78.1 cm³/mol. The van der Waals surface area contributed by atoms with E-state index in [1.54, 1.807) is 24.3 Å². The van der Waals surface area contributed by atoms with Gasteiger partial charge in [-0.2, -0.15) is 0 Å². The zero-order chi connectivity index (χ0) is 14.2. The van der Waals surface area contributed by atoms with E-state index < -0.39 is 0 Å². The molecule has 1 amide bonds. The molecule has 5 heteroatoms. The van der Waals surface area contributed by atoms with Crippen LogP contribution in [0.4, 0.5) is 0 Å². The predicted octanol–water partition coefficient (Wildman–Crippen LogP) is 2.65. The maximum atomic E-state index is 11.6. The van der Waals surface area contributed by atoms with Crippen molar-refractivity contribution >= 4 is 17.5 Å². The lowest BCUT2D eigenvalue weighted by atomic mass is 9.97. The van der Waals surface area contributed by atoms with Crippen molar-refractivity contribution in [3.8, 4) is 5.75 Å². The molecule has 110 valence electrons. The fourth-order valence-corrected chi connectivity index (χ4v) is 2.31. The van der Waals surface area contributed by atoms with Crippen LogP contribution < -0.4 is 10.1 Å². The normalized spacial score (nSPS) is 15.8. The summed E-state index contributed by atoms with van der Waals surface area (Å²) < 4.78 is 10.7. The second-order valence-electron chi connectivity index (χ2n) is 4.94. The molecule has 0 aromatic heterocycles. The minimum atomic E-state index is -0.0907. The first-order chi connectivity index (χ1) is 9.74. The highest BCUT2D eigenvalue weighted by Crippen LogP contribution is 2.17. The molecule has 0 atom stereocenters. The molecule has 0 aliphatic carbocycles. The Labute approximate surface area is 124 Å². The van der Waals surface area contributed by atoms with Gasteiger partial charge in [-0.25, -0.2) is 0 Å². The van der Waals surface area contributed by atoms with E-state index in [0.29, 0.717) is 23.2 Å². The standard InChI is InChI=1S/C15H20ClNO3/c16-13-1-3-14(4-2-13)20-11-15(18)17-8-5-12-6-9-19-10-7-12/h1-4,12H,5-11H2,(H,17,18). The van der Waals surface area contributed by atoms with E-state index >= 15 is 0 Å². The Morgan fingerprint density at radius 3 is 2.70 bits per heavy atom. The third-order valence-electron chi connectivity index (χ3n) is 3.40. The van der Waals surface area contributed by atoms with Crippen molar-refractivity contribution in [1.29, 1.82) is 0 Å². The van der Waals surface area contributed by atoms with Crippen molar-refractivity contribution in [3.63, 3.8) is 0 Å². The van der Waals surface area contributed by atoms with Crippen LogP contribution in [0, 0.1) is 5.92 Å². The average Bonchev–Trinajstić information content (AvgIpc) is 2.48. The van der Waals surface area contributed by atoms with Crippen molar-refractivity contribution < 1.29 is 14.3 Å². The number of carbonyl (C=O) groups excluding carboxylic acids is 1. The molecule has 0 unspecified atom stereocenters. The fourth-order valence-electron chi connectivity index (χ4n) is 2.18. The van der Waals surface area contributed by atoms with Crippen LogP contribution in [-0.4, -0.2) is 32.3 Å². The summed E-state index contributed by atoms with van der Waals surface area (Å²) in [6.45, 7) is 2.43. The molecule has 2 rings (SSSR count). The molecule has 1 aliphatic rings. The van der Waals surface area contributed by atoms with Crippen LogP contribution in [0.2, 0.25) is 5.02 Å². The molecule has 1 aromatic rings. The lowest BCUT2D eigenvalue weighted by Gasteiger charge is -2.21. The summed E-state index contributed by atoms with van der Waals surface area (Å²) in [6.07, 6.45) is 3.20. The van der Waals surface area contributed by atoms with Gasteiger partial charge in [-0.15, -0.1) is 0 Å². The smallest absolute Gasteiger partial charge is 0.257 e. The third kappa shape index (κ3) is 5.39. The highest BCUT2D eigenvalue weighted by Gasteiger charge is 2.13. The Hall–Kier alpha value is -1.26. The summed E-state index contributed by atoms with van der Waals surface area (Å²) in [5.41, 5.74) is 0. The minimum absolute atomic E-state index is 0.0371. The van der Waals surface area contributed by atoms with Gasteiger partial charge in [0.2, 0.25) is 0 Å². The fraction of sp³-hybridized carbons (Fsp3) is 0.533. The zero-order valence-electron chi connectivity index (χ0n) is 11.4. The largest absolute Gasteiger partial charge is 0.484 e. The highest BCUT2D eigenvalue weighted by atomic mass is 35.5. The molecule has 1 N–H and O–H groups in total. The number of carbonyl (C=O) groups is 1. The molecule has 1 fully saturated rings. The summed E-state index contributed by atoms with van der Waals surface area (Å²) in [5.74, 6) is 1.22. The van der Waals surface area contributed by atoms with Crippen LogP contribution in [0.3, 0.4) is 0 Å². The molecule has 1 heterocycles. The van der Waals surface area contributed by atoms with E-state index in [-0.39, 0.29) is 12.5 Å². The van der Waals surface area contributed by atoms with E-state index in [1.165, 1.54) is 0 Å². The number of rotatable bonds is 6. The Morgan fingerprint density at radius 1 is 1.30 bits per heavy atom. The number of nitrogens with one attached hydrogen (secondary N) is 1. The molecule has 1 aromatic carbocycles. The molecule has 0 spiro atoms. The first kappa shape index (κ1) is 15.1. The lowest BCUT2D eigenvalue weighted by Crippen LogP contribution is -2.31. The molecule has 20 heavy (non-hydrogen) atoms. The molecule has 0 radical (unpaired) electrons. The number of ether oxygens (including phenoxy) is 2. The first-order valence-corrected chi connectivity index (χ1v) is 7.34. The third-order valence-corrected chi connectivity index (χ3v) is 3.65. The van der Waals surface area contributed by atoms with Gasteiger partial charge in [0.1, 0.15) is 5.75 Å². The van der Waals surface area contributed by atoms with Gasteiger partial charge in [-0.3, -0.25) is 4.79 Å². The topological polar surface area (TPSA) is 47.6 Å². The van der Waals surface area contributed by atoms with E-state index in [1.807, 2.05) is 0 Å². The van der Waals surface area contributed by atoms with E-state index in [0.717, 1.165) is 32.5 Å². The van der Waals surface area contributed by atoms with Gasteiger partial charge in [-0.1, -0.05) is 11.6 Å². The van der Waals surface area contributed by atoms with E-state index in [9.17, 15) is 4.79 Å². The van der Waals surface area contributed by atoms with Crippen molar-refractivity contribution in [2.75, 3.05) is 26.4 Å². The number of benzene rings is 1. The second-order valence-corrected chi connectivity index (χ2v) is 5.37. The van der Waals surface area contributed by atoms with Crippen LogP contribution in [0.15, 0.2) is 24.3 Å². The molecule has 1 saturated heterocycles. The van der Waals surface area contributed by atoms with Gasteiger partial charge in [0, 0.05) is 24.8 Å². The summed E-state index contributed by atoms with van der Waals surface area (Å²) in [6, 6.07) is 6.97. The minimum Gasteiger partial charge on any atom is -0.484 e. The van der Waals surface area contributed by atoms with Crippen LogP contribution >= 0.6 is 11.6 Å². The second kappa shape index (κ2) is 8.12. The number of amides is 1. The Bertz CT molecular complexity index is 416. The maximum Gasteiger partial charge on any atom is 0.257 e. The summed E-state index contributed by atoms with van der Waals surface area (Å²) in [5, 5.41) is 3.53. The van der Waals surface area contributed by atoms with E-state index in [2.05, 4.69) is 5.32 Å². The van der Waals surface area contributed by atoms with Crippen molar-refractivity contribution in [2.45, 2.75) is 19.3 Å². The van der Waals surface area contributed by atoms with Crippen LogP contribution in [-0.2, 0) is 9.53 Å². The summed E-state index contributed by atoms with van der Waals surface area (Å²) in [4.78, 5) is 11.6. The van der Waals surface area contributed by atoms with Gasteiger partial charge in [0.25, 0.3) is 5.91 Å². The SMILES string of the molecule is O=C(COc1ccc(Cl)cc1)NCCC1CCOCC1. The van der Waals surface area contributed by atoms with Crippen LogP contribution in [0.5, 0.6) is 5.75 Å². The monoisotopic (exact) mass is 297 g/mol. The maximum absolute atomic E-state index is 11.6. The average molecular weight is 298 g/mol. The molecule has 0 bridgehead atoms. The molecule has 1 aliphatic heterocycles. The van der Waals surface area contributed by atoms with Crippen LogP contribution in [0.1, 0.15) is 19.3 Å². The number of hydrogen-bond acceptors (Lipinski definition) is 3. The van der Waals surface area contributed by atoms with Crippen LogP contribution in [0.25, 0.3) is 0 Å². The first-order valence-electron chi connectivity index (χ1n) is 6.97. The van der Waals surface area contributed by atoms with Gasteiger partial charge in [-0.05, 0) is 49.4 Å². The van der Waals surface area contributed by atoms with Gasteiger partial charge >= 0.3 is 0 Å². The Morgan fingerprint density at radius 2 is 2.00 bits per heavy atom. The van der Waals surface area contributed by atoms with Gasteiger partial charge in [0.15, 0.2) is 6.61 Å².